The summed E-state index contributed by atoms with van der Waals surface area (Å²) < 4.78 is 18.5. The second-order valence-electron chi connectivity index (χ2n) is 6.41. The minimum atomic E-state index is -0.316. The first-order valence-electron chi connectivity index (χ1n) is 8.01. The van der Waals surface area contributed by atoms with Crippen LogP contribution in [0.15, 0.2) is 33.9 Å². The summed E-state index contributed by atoms with van der Waals surface area (Å²) in [6.07, 6.45) is 1.17. The summed E-state index contributed by atoms with van der Waals surface area (Å²) in [4.78, 5) is 14.3. The van der Waals surface area contributed by atoms with Crippen molar-refractivity contribution < 1.29 is 13.6 Å². The molecule has 2 aromatic rings. The molecule has 1 fully saturated rings. The summed E-state index contributed by atoms with van der Waals surface area (Å²) in [6.45, 7) is 5.98. The van der Waals surface area contributed by atoms with Crippen molar-refractivity contribution in [3.63, 3.8) is 0 Å². The van der Waals surface area contributed by atoms with Gasteiger partial charge in [0.2, 0.25) is 11.8 Å². The maximum atomic E-state index is 12.9. The zero-order valence-electron chi connectivity index (χ0n) is 13.7. The van der Waals surface area contributed by atoms with Gasteiger partial charge in [0.25, 0.3) is 5.22 Å². The standard InChI is InChI=1S/C17H20FN3O2S/c1-11-7-12(2)9-21(8-11)15(22)10-24-17-20-19-16(23-17)13-3-5-14(18)6-4-13/h3-6,11-12H,7-10H2,1-2H3/t11-,12-/m1/s1. The molecule has 1 amide bonds. The van der Waals surface area contributed by atoms with Crippen molar-refractivity contribution in [1.29, 1.82) is 0 Å². The number of carbonyl (C=O) groups is 1. The zero-order chi connectivity index (χ0) is 17.1. The average Bonchev–Trinajstić information content (AvgIpc) is 3.01. The molecule has 0 saturated carbocycles. The summed E-state index contributed by atoms with van der Waals surface area (Å²) in [5.74, 6) is 1.46. The third-order valence-corrected chi connectivity index (χ3v) is 4.84. The number of benzene rings is 1. The highest BCUT2D eigenvalue weighted by atomic mass is 32.2. The predicted octanol–water partition coefficient (Wildman–Crippen LogP) is 3.47. The fourth-order valence-electron chi connectivity index (χ4n) is 3.06. The molecule has 1 aliphatic heterocycles. The van der Waals surface area contributed by atoms with Gasteiger partial charge in [0.05, 0.1) is 5.75 Å². The van der Waals surface area contributed by atoms with Crippen LogP contribution in [-0.4, -0.2) is 39.8 Å². The van der Waals surface area contributed by atoms with E-state index in [2.05, 4.69) is 24.0 Å². The molecule has 128 valence electrons. The van der Waals surface area contributed by atoms with E-state index < -0.39 is 0 Å². The molecule has 7 heteroatoms. The number of hydrogen-bond acceptors (Lipinski definition) is 5. The Kier molecular flexibility index (Phi) is 5.18. The van der Waals surface area contributed by atoms with Gasteiger partial charge >= 0.3 is 0 Å². The van der Waals surface area contributed by atoms with Gasteiger partial charge in [-0.25, -0.2) is 4.39 Å². The van der Waals surface area contributed by atoms with Crippen molar-refractivity contribution in [3.05, 3.63) is 30.1 Å². The Morgan fingerprint density at radius 3 is 2.58 bits per heavy atom. The van der Waals surface area contributed by atoms with E-state index in [0.29, 0.717) is 28.5 Å². The van der Waals surface area contributed by atoms with Gasteiger partial charge in [0.15, 0.2) is 0 Å². The number of thioether (sulfide) groups is 1. The molecule has 0 spiro atoms. The van der Waals surface area contributed by atoms with E-state index in [9.17, 15) is 9.18 Å². The Morgan fingerprint density at radius 2 is 1.92 bits per heavy atom. The summed E-state index contributed by atoms with van der Waals surface area (Å²) >= 11 is 1.24. The number of halogens is 1. The van der Waals surface area contributed by atoms with E-state index in [4.69, 9.17) is 4.42 Å². The first-order valence-corrected chi connectivity index (χ1v) is 9.00. The number of nitrogens with zero attached hydrogens (tertiary/aromatic N) is 3. The van der Waals surface area contributed by atoms with Crippen LogP contribution < -0.4 is 0 Å². The SMILES string of the molecule is C[C@@H]1C[C@@H](C)CN(C(=O)CSc2nnc(-c3ccc(F)cc3)o2)C1. The zero-order valence-corrected chi connectivity index (χ0v) is 14.6. The third kappa shape index (κ3) is 4.14. The van der Waals surface area contributed by atoms with Gasteiger partial charge in [-0.1, -0.05) is 25.6 Å². The van der Waals surface area contributed by atoms with Crippen LogP contribution in [0.3, 0.4) is 0 Å². The number of hydrogen-bond donors (Lipinski definition) is 0. The van der Waals surface area contributed by atoms with E-state index in [1.54, 1.807) is 12.1 Å². The first kappa shape index (κ1) is 17.0. The van der Waals surface area contributed by atoms with Crippen molar-refractivity contribution in [2.45, 2.75) is 25.5 Å². The summed E-state index contributed by atoms with van der Waals surface area (Å²) in [5.41, 5.74) is 0.653. The molecule has 1 aromatic carbocycles. The summed E-state index contributed by atoms with van der Waals surface area (Å²) in [7, 11) is 0. The molecular weight excluding hydrogens is 329 g/mol. The van der Waals surface area contributed by atoms with Crippen molar-refractivity contribution in [3.8, 4) is 11.5 Å². The first-order chi connectivity index (χ1) is 11.5. The van der Waals surface area contributed by atoms with Crippen LogP contribution in [0.2, 0.25) is 0 Å². The van der Waals surface area contributed by atoms with E-state index in [0.717, 1.165) is 13.1 Å². The Labute approximate surface area is 144 Å². The van der Waals surface area contributed by atoms with Crippen molar-refractivity contribution in [1.82, 2.24) is 15.1 Å². The maximum Gasteiger partial charge on any atom is 0.277 e. The van der Waals surface area contributed by atoms with E-state index in [-0.39, 0.29) is 17.5 Å². The predicted molar refractivity (Wildman–Crippen MR) is 89.9 cm³/mol. The summed E-state index contributed by atoms with van der Waals surface area (Å²) in [5, 5.41) is 8.24. The van der Waals surface area contributed by atoms with Gasteiger partial charge in [0.1, 0.15) is 5.82 Å². The molecule has 2 heterocycles. The normalized spacial score (nSPS) is 21.0. The Balaban J connectivity index is 1.57. The Hall–Kier alpha value is -1.89. The fourth-order valence-corrected chi connectivity index (χ4v) is 3.72. The second kappa shape index (κ2) is 7.34. The summed E-state index contributed by atoms with van der Waals surface area (Å²) in [6, 6.07) is 5.85. The molecule has 0 radical (unpaired) electrons. The number of piperidine rings is 1. The lowest BCUT2D eigenvalue weighted by Crippen LogP contribution is -2.43. The number of aromatic nitrogens is 2. The van der Waals surface area contributed by atoms with Gasteiger partial charge in [-0.15, -0.1) is 10.2 Å². The molecule has 0 N–H and O–H groups in total. The molecule has 24 heavy (non-hydrogen) atoms. The smallest absolute Gasteiger partial charge is 0.277 e. The van der Waals surface area contributed by atoms with Gasteiger partial charge < -0.3 is 9.32 Å². The molecule has 1 saturated heterocycles. The number of amides is 1. The van der Waals surface area contributed by atoms with E-state index in [1.165, 1.54) is 30.3 Å². The van der Waals surface area contributed by atoms with Crippen molar-refractivity contribution in [2.24, 2.45) is 11.8 Å². The Morgan fingerprint density at radius 1 is 1.25 bits per heavy atom. The van der Waals surface area contributed by atoms with Gasteiger partial charge in [0, 0.05) is 18.7 Å². The molecule has 0 bridgehead atoms. The van der Waals surface area contributed by atoms with Crippen LogP contribution in [0.4, 0.5) is 4.39 Å². The lowest BCUT2D eigenvalue weighted by atomic mass is 9.92. The van der Waals surface area contributed by atoms with E-state index in [1.807, 2.05) is 4.90 Å². The highest BCUT2D eigenvalue weighted by molar-refractivity contribution is 7.99. The van der Waals surface area contributed by atoms with Gasteiger partial charge in [-0.3, -0.25) is 4.79 Å². The second-order valence-corrected chi connectivity index (χ2v) is 7.34. The molecule has 0 unspecified atom stereocenters. The highest BCUT2D eigenvalue weighted by Crippen LogP contribution is 2.25. The number of rotatable bonds is 4. The third-order valence-electron chi connectivity index (χ3n) is 4.04. The van der Waals surface area contributed by atoms with Crippen molar-refractivity contribution >= 4 is 17.7 Å². The lowest BCUT2D eigenvalue weighted by Gasteiger charge is -2.34. The van der Waals surface area contributed by atoms with Crippen LogP contribution in [0.5, 0.6) is 0 Å². The maximum absolute atomic E-state index is 12.9. The minimum Gasteiger partial charge on any atom is -0.411 e. The molecule has 1 aliphatic rings. The topological polar surface area (TPSA) is 59.2 Å². The van der Waals surface area contributed by atoms with Crippen LogP contribution in [0, 0.1) is 17.7 Å². The molecule has 0 aliphatic carbocycles. The fraction of sp³-hybridized carbons (Fsp3) is 0.471. The van der Waals surface area contributed by atoms with Crippen LogP contribution >= 0.6 is 11.8 Å². The van der Waals surface area contributed by atoms with Crippen LogP contribution in [0.1, 0.15) is 20.3 Å². The highest BCUT2D eigenvalue weighted by Gasteiger charge is 2.25. The lowest BCUT2D eigenvalue weighted by molar-refractivity contribution is -0.130. The quantitative estimate of drug-likeness (QED) is 0.791. The van der Waals surface area contributed by atoms with Gasteiger partial charge in [-0.05, 0) is 42.5 Å². The molecule has 3 rings (SSSR count). The number of likely N-dealkylation sites (tertiary alicyclic amines) is 1. The van der Waals surface area contributed by atoms with Gasteiger partial charge in [-0.2, -0.15) is 0 Å². The van der Waals surface area contributed by atoms with Crippen LogP contribution in [-0.2, 0) is 4.79 Å². The monoisotopic (exact) mass is 349 g/mol. The minimum absolute atomic E-state index is 0.0972. The number of carbonyl (C=O) groups excluding carboxylic acids is 1. The Bertz CT molecular complexity index is 694. The van der Waals surface area contributed by atoms with Crippen molar-refractivity contribution in [2.75, 3.05) is 18.8 Å². The molecule has 5 nitrogen and oxygen atoms in total. The molecule has 2 atom stereocenters. The largest absolute Gasteiger partial charge is 0.411 e. The average molecular weight is 349 g/mol. The molecule has 1 aromatic heterocycles. The molecular formula is C17H20FN3O2S. The van der Waals surface area contributed by atoms with Crippen LogP contribution in [0.25, 0.3) is 11.5 Å². The van der Waals surface area contributed by atoms with E-state index >= 15 is 0 Å².